The number of halogens is 5. The Balaban J connectivity index is 1.62. The second-order valence-electron chi connectivity index (χ2n) is 11.2. The summed E-state index contributed by atoms with van der Waals surface area (Å²) in [5.41, 5.74) is -2.54. The number of rotatable bonds is 9. The molecule has 2 aliphatic rings. The maximum Gasteiger partial charge on any atom is 0.419 e. The second-order valence-corrected chi connectivity index (χ2v) is 12.0. The quantitative estimate of drug-likeness (QED) is 0.238. The van der Waals surface area contributed by atoms with E-state index in [9.17, 15) is 32.4 Å². The van der Waals surface area contributed by atoms with Crippen LogP contribution in [0.25, 0.3) is 16.6 Å². The van der Waals surface area contributed by atoms with Gasteiger partial charge in [0.1, 0.15) is 11.3 Å². The summed E-state index contributed by atoms with van der Waals surface area (Å²) in [5, 5.41) is 13.8. The van der Waals surface area contributed by atoms with E-state index in [0.29, 0.717) is 17.8 Å². The molecule has 0 saturated carbocycles. The lowest BCUT2D eigenvalue weighted by atomic mass is 10.1. The summed E-state index contributed by atoms with van der Waals surface area (Å²) in [5.74, 6) is -1.55. The number of fused-ring (bicyclic) bond motifs is 1. The van der Waals surface area contributed by atoms with E-state index in [4.69, 9.17) is 4.98 Å². The van der Waals surface area contributed by atoms with E-state index >= 15 is 0 Å². The van der Waals surface area contributed by atoms with Crippen molar-refractivity contribution in [3.8, 4) is 11.8 Å². The molecule has 0 N–H and O–H groups in total. The fourth-order valence-electron chi connectivity index (χ4n) is 6.01. The number of likely N-dealkylation sites (N-methyl/N-ethyl adjacent to an activating group) is 1. The van der Waals surface area contributed by atoms with Gasteiger partial charge in [-0.25, -0.2) is 9.37 Å². The second kappa shape index (κ2) is 13.3. The predicted molar refractivity (Wildman–Crippen MR) is 167 cm³/mol. The highest BCUT2D eigenvalue weighted by atomic mass is 79.9. The molecule has 0 spiro atoms. The Bertz CT molecular complexity index is 1750. The van der Waals surface area contributed by atoms with Crippen molar-refractivity contribution in [2.75, 3.05) is 55.6 Å². The van der Waals surface area contributed by atoms with Crippen LogP contribution in [0.15, 0.2) is 46.1 Å². The van der Waals surface area contributed by atoms with Gasteiger partial charge in [0.15, 0.2) is 5.83 Å². The molecule has 11 nitrogen and oxygen atoms in total. The van der Waals surface area contributed by atoms with Crippen LogP contribution in [0.5, 0.6) is 0 Å². The lowest BCUT2D eigenvalue weighted by molar-refractivity contribution is -0.138. The molecule has 0 aliphatic carbocycles. The molecular weight excluding hydrogens is 674 g/mol. The molecule has 5 rings (SSSR count). The molecule has 1 atom stereocenters. The average molecular weight is 707 g/mol. The van der Waals surface area contributed by atoms with E-state index in [-0.39, 0.29) is 59.2 Å². The number of anilines is 2. The Morgan fingerprint density at radius 3 is 2.54 bits per heavy atom. The van der Waals surface area contributed by atoms with Crippen LogP contribution in [0.4, 0.5) is 29.3 Å². The molecule has 1 amide bonds. The zero-order valence-electron chi connectivity index (χ0n) is 25.3. The number of amides is 1. The van der Waals surface area contributed by atoms with Crippen molar-refractivity contribution in [2.45, 2.75) is 44.9 Å². The maximum absolute atomic E-state index is 14.1. The number of aromatic nitrogens is 4. The fraction of sp³-hybridized carbons (Fsp3) is 0.467. The molecule has 3 aromatic rings. The van der Waals surface area contributed by atoms with Crippen molar-refractivity contribution in [1.82, 2.24) is 29.5 Å². The largest absolute Gasteiger partial charge is 0.419 e. The number of carbonyl (C=O) groups is 1. The molecule has 0 unspecified atom stereocenters. The number of carbonyl (C=O) groups excluding carboxylic acids is 1. The van der Waals surface area contributed by atoms with Gasteiger partial charge in [-0.05, 0) is 31.6 Å². The van der Waals surface area contributed by atoms with Crippen LogP contribution in [0, 0.1) is 11.3 Å². The normalized spacial score (nSPS) is 17.4. The van der Waals surface area contributed by atoms with Gasteiger partial charge in [-0.3, -0.25) is 14.5 Å². The average Bonchev–Trinajstić information content (AvgIpc) is 2.99. The first-order valence-corrected chi connectivity index (χ1v) is 15.6. The molecule has 0 radical (unpaired) electrons. The molecule has 1 aromatic carbocycles. The lowest BCUT2D eigenvalue weighted by Crippen LogP contribution is -2.60. The molecule has 16 heteroatoms. The molecule has 2 aromatic heterocycles. The minimum absolute atomic E-state index is 0.0424. The van der Waals surface area contributed by atoms with Gasteiger partial charge in [0, 0.05) is 43.2 Å². The van der Waals surface area contributed by atoms with Crippen LogP contribution in [0.1, 0.15) is 32.3 Å². The van der Waals surface area contributed by atoms with E-state index in [2.05, 4.69) is 51.3 Å². The van der Waals surface area contributed by atoms with E-state index in [0.717, 1.165) is 25.6 Å². The highest BCUT2D eigenvalue weighted by molar-refractivity contribution is 9.10. The zero-order chi connectivity index (χ0) is 33.3. The number of nitrogens with zero attached hydrogens (tertiary/aromatic N) is 9. The minimum atomic E-state index is -4.79. The Kier molecular flexibility index (Phi) is 9.64. The van der Waals surface area contributed by atoms with Gasteiger partial charge in [0.25, 0.3) is 11.5 Å². The van der Waals surface area contributed by atoms with Crippen LogP contribution < -0.4 is 15.4 Å². The topological polar surface area (TPSA) is 114 Å². The van der Waals surface area contributed by atoms with E-state index in [1.165, 1.54) is 23.2 Å². The van der Waals surface area contributed by atoms with E-state index < -0.39 is 40.8 Å². The number of alkyl halides is 3. The molecule has 2 aliphatic heterocycles. The molecule has 0 bridgehead atoms. The monoisotopic (exact) mass is 705 g/mol. The van der Waals surface area contributed by atoms with Crippen molar-refractivity contribution >= 4 is 44.5 Å². The summed E-state index contributed by atoms with van der Waals surface area (Å²) in [6, 6.07) is 5.32. The van der Waals surface area contributed by atoms with Crippen LogP contribution in [0.3, 0.4) is 0 Å². The van der Waals surface area contributed by atoms with Crippen LogP contribution >= 0.6 is 15.9 Å². The predicted octanol–water partition coefficient (Wildman–Crippen LogP) is 4.29. The first-order chi connectivity index (χ1) is 21.9. The zero-order valence-corrected chi connectivity index (χ0v) is 26.9. The maximum atomic E-state index is 14.1. The number of nitriles is 1. The van der Waals surface area contributed by atoms with Crippen molar-refractivity contribution in [1.29, 1.82) is 5.26 Å². The third-order valence-corrected chi connectivity index (χ3v) is 8.96. The van der Waals surface area contributed by atoms with Gasteiger partial charge < -0.3 is 14.7 Å². The van der Waals surface area contributed by atoms with Crippen molar-refractivity contribution in [3.63, 3.8) is 0 Å². The summed E-state index contributed by atoms with van der Waals surface area (Å²) in [6.45, 7) is 10.5. The van der Waals surface area contributed by atoms with Crippen molar-refractivity contribution in [2.24, 2.45) is 0 Å². The summed E-state index contributed by atoms with van der Waals surface area (Å²) in [7, 11) is 0. The molecule has 4 heterocycles. The van der Waals surface area contributed by atoms with Gasteiger partial charge in [-0.15, -0.1) is 0 Å². The first kappa shape index (κ1) is 33.3. The van der Waals surface area contributed by atoms with Gasteiger partial charge in [-0.1, -0.05) is 42.4 Å². The summed E-state index contributed by atoms with van der Waals surface area (Å²) >= 11 is 2.96. The SMILES string of the molecule is C=C(F)C(=O)N1CCN(c2nc(N3CC(N(CC)CCC)C3)nc3c(=O)n(-c4cccc(Br)c4C(F)(F)F)ncc23)C[C@H]1CC#N. The van der Waals surface area contributed by atoms with Crippen LogP contribution in [0.2, 0.25) is 0 Å². The lowest BCUT2D eigenvalue weighted by Gasteiger charge is -2.45. The highest BCUT2D eigenvalue weighted by Gasteiger charge is 2.38. The van der Waals surface area contributed by atoms with Crippen molar-refractivity contribution < 1.29 is 22.4 Å². The van der Waals surface area contributed by atoms with Gasteiger partial charge in [0.05, 0.1) is 41.4 Å². The molecular formula is C30H32BrF4N9O2. The van der Waals surface area contributed by atoms with Crippen LogP contribution in [-0.2, 0) is 11.0 Å². The Hall–Kier alpha value is -4.10. The number of hydrogen-bond donors (Lipinski definition) is 0. The summed E-state index contributed by atoms with van der Waals surface area (Å²) in [6.07, 6.45) is -2.66. The van der Waals surface area contributed by atoms with Crippen LogP contribution in [-0.4, -0.2) is 93.4 Å². The summed E-state index contributed by atoms with van der Waals surface area (Å²) in [4.78, 5) is 43.0. The number of piperazine rings is 1. The standard InChI is InChI=1S/C30H32BrF4N9O2/c1-4-11-40(5-2)20-16-42(17-20)29-38-25-21(14-37-44(28(25)46)23-8-6-7-22(31)24(23)30(33,34)35)26(39-29)41-12-13-43(27(45)18(3)32)19(15-41)9-10-36/h6-8,14,19-20H,3-5,9,11-13,15-17H2,1-2H3/t19-/m1/s1. The minimum Gasteiger partial charge on any atom is -0.352 e. The number of benzene rings is 1. The fourth-order valence-corrected chi connectivity index (χ4v) is 6.59. The highest BCUT2D eigenvalue weighted by Crippen LogP contribution is 2.39. The summed E-state index contributed by atoms with van der Waals surface area (Å²) < 4.78 is 56.5. The third kappa shape index (κ3) is 6.30. The van der Waals surface area contributed by atoms with Gasteiger partial charge >= 0.3 is 6.18 Å². The molecule has 2 fully saturated rings. The Morgan fingerprint density at radius 1 is 1.17 bits per heavy atom. The first-order valence-electron chi connectivity index (χ1n) is 14.8. The third-order valence-electron chi connectivity index (χ3n) is 8.29. The van der Waals surface area contributed by atoms with Crippen molar-refractivity contribution in [3.05, 3.63) is 57.2 Å². The molecule has 46 heavy (non-hydrogen) atoms. The molecule has 244 valence electrons. The van der Waals surface area contributed by atoms with E-state index in [1.807, 2.05) is 11.0 Å². The Morgan fingerprint density at radius 2 is 1.91 bits per heavy atom. The Labute approximate surface area is 270 Å². The number of hydrogen-bond acceptors (Lipinski definition) is 9. The smallest absolute Gasteiger partial charge is 0.352 e. The van der Waals surface area contributed by atoms with Gasteiger partial charge in [0.2, 0.25) is 5.95 Å². The van der Waals surface area contributed by atoms with Gasteiger partial charge in [-0.2, -0.15) is 33.2 Å². The molecule has 2 saturated heterocycles. The van der Waals surface area contributed by atoms with E-state index in [1.54, 1.807) is 4.90 Å².